The molecule has 20 heavy (non-hydrogen) atoms. The Bertz CT molecular complexity index is 653. The Balaban J connectivity index is 2.33. The van der Waals surface area contributed by atoms with Crippen molar-refractivity contribution in [3.63, 3.8) is 0 Å². The molecule has 0 spiro atoms. The summed E-state index contributed by atoms with van der Waals surface area (Å²) in [6.07, 6.45) is 0.340. The van der Waals surface area contributed by atoms with Gasteiger partial charge in [0.15, 0.2) is 0 Å². The predicted octanol–water partition coefficient (Wildman–Crippen LogP) is 1.79. The molecule has 1 aromatic rings. The first-order valence-corrected chi connectivity index (χ1v) is 7.92. The van der Waals surface area contributed by atoms with E-state index in [4.69, 9.17) is 0 Å². The van der Waals surface area contributed by atoms with E-state index in [0.717, 1.165) is 11.1 Å². The van der Waals surface area contributed by atoms with Crippen LogP contribution in [0.4, 0.5) is 0 Å². The van der Waals surface area contributed by atoms with Gasteiger partial charge in [-0.25, -0.2) is 8.42 Å². The Morgan fingerprint density at radius 2 is 1.95 bits per heavy atom. The normalized spacial score (nSPS) is 23.9. The second-order valence-corrected chi connectivity index (χ2v) is 7.64. The van der Waals surface area contributed by atoms with E-state index in [-0.39, 0.29) is 18.0 Å². The highest BCUT2D eigenvalue weighted by molar-refractivity contribution is 7.89. The van der Waals surface area contributed by atoms with E-state index in [9.17, 15) is 18.3 Å². The summed E-state index contributed by atoms with van der Waals surface area (Å²) in [6, 6.07) is 4.99. The summed E-state index contributed by atoms with van der Waals surface area (Å²) in [5.41, 5.74) is 0.944. The van der Waals surface area contributed by atoms with Crippen LogP contribution in [0, 0.1) is 19.3 Å². The van der Waals surface area contributed by atoms with Gasteiger partial charge in [-0.1, -0.05) is 6.07 Å². The molecule has 0 saturated carbocycles. The number of sulfonamides is 1. The van der Waals surface area contributed by atoms with Crippen molar-refractivity contribution in [2.45, 2.75) is 32.1 Å². The van der Waals surface area contributed by atoms with E-state index >= 15 is 0 Å². The van der Waals surface area contributed by atoms with Crippen molar-refractivity contribution in [3.05, 3.63) is 29.3 Å². The Hall–Kier alpha value is -1.40. The van der Waals surface area contributed by atoms with Gasteiger partial charge in [0.05, 0.1) is 10.3 Å². The molecule has 0 radical (unpaired) electrons. The van der Waals surface area contributed by atoms with Crippen LogP contribution in [0.15, 0.2) is 23.1 Å². The lowest BCUT2D eigenvalue weighted by molar-refractivity contribution is -0.146. The molecule has 6 heteroatoms. The molecule has 1 unspecified atom stereocenters. The fourth-order valence-electron chi connectivity index (χ4n) is 2.32. The number of carboxylic acids is 1. The van der Waals surface area contributed by atoms with E-state index < -0.39 is 21.4 Å². The monoisotopic (exact) mass is 297 g/mol. The van der Waals surface area contributed by atoms with Gasteiger partial charge in [-0.2, -0.15) is 4.31 Å². The van der Waals surface area contributed by atoms with Crippen LogP contribution in [0.2, 0.25) is 0 Å². The maximum Gasteiger partial charge on any atom is 0.310 e. The smallest absolute Gasteiger partial charge is 0.310 e. The van der Waals surface area contributed by atoms with E-state index in [1.807, 2.05) is 13.8 Å². The van der Waals surface area contributed by atoms with Crippen molar-refractivity contribution >= 4 is 16.0 Å². The third-order valence-electron chi connectivity index (χ3n) is 4.07. The molecule has 0 aromatic heterocycles. The number of hydrogen-bond donors (Lipinski definition) is 1. The standard InChI is InChI=1S/C14H19NO4S/c1-10-4-5-12(8-11(10)2)20(18,19)15-7-6-14(3,9-15)13(16)17/h4-5,8H,6-7,9H2,1-3H3,(H,16,17). The van der Waals surface area contributed by atoms with Crippen molar-refractivity contribution < 1.29 is 18.3 Å². The summed E-state index contributed by atoms with van der Waals surface area (Å²) in [5, 5.41) is 9.19. The highest BCUT2D eigenvalue weighted by Crippen LogP contribution is 2.33. The minimum absolute atomic E-state index is 0.0254. The average Bonchev–Trinajstić information content (AvgIpc) is 2.77. The van der Waals surface area contributed by atoms with Gasteiger partial charge in [0.2, 0.25) is 10.0 Å². The molecule has 1 saturated heterocycles. The molecule has 1 aliphatic heterocycles. The number of benzene rings is 1. The maximum absolute atomic E-state index is 12.5. The van der Waals surface area contributed by atoms with E-state index in [1.165, 1.54) is 4.31 Å². The molecule has 0 bridgehead atoms. The van der Waals surface area contributed by atoms with Crippen LogP contribution in [-0.4, -0.2) is 36.9 Å². The van der Waals surface area contributed by atoms with Gasteiger partial charge >= 0.3 is 5.97 Å². The number of hydrogen-bond acceptors (Lipinski definition) is 3. The zero-order valence-electron chi connectivity index (χ0n) is 11.9. The van der Waals surface area contributed by atoms with Crippen molar-refractivity contribution in [2.75, 3.05) is 13.1 Å². The second kappa shape index (κ2) is 4.86. The summed E-state index contributed by atoms with van der Waals surface area (Å²) in [5.74, 6) is -0.949. The summed E-state index contributed by atoms with van der Waals surface area (Å²) in [6.45, 7) is 5.64. The lowest BCUT2D eigenvalue weighted by Gasteiger charge is -2.20. The Morgan fingerprint density at radius 3 is 2.45 bits per heavy atom. The van der Waals surface area contributed by atoms with Gasteiger partial charge in [-0.3, -0.25) is 4.79 Å². The second-order valence-electron chi connectivity index (χ2n) is 5.70. The van der Waals surface area contributed by atoms with Gasteiger partial charge in [0.1, 0.15) is 0 Å². The third kappa shape index (κ3) is 2.45. The largest absolute Gasteiger partial charge is 0.481 e. The molecule has 1 fully saturated rings. The predicted molar refractivity (Wildman–Crippen MR) is 75.0 cm³/mol. The first kappa shape index (κ1) is 15.0. The SMILES string of the molecule is Cc1ccc(S(=O)(=O)N2CCC(C)(C(=O)O)C2)cc1C. The fraction of sp³-hybridized carbons (Fsp3) is 0.500. The molecular weight excluding hydrogens is 278 g/mol. The van der Waals surface area contributed by atoms with Crippen LogP contribution >= 0.6 is 0 Å². The summed E-state index contributed by atoms with van der Waals surface area (Å²) in [7, 11) is -3.61. The van der Waals surface area contributed by atoms with Gasteiger partial charge < -0.3 is 5.11 Å². The van der Waals surface area contributed by atoms with Crippen LogP contribution < -0.4 is 0 Å². The number of nitrogens with zero attached hydrogens (tertiary/aromatic N) is 1. The lowest BCUT2D eigenvalue weighted by Crippen LogP contribution is -2.34. The average molecular weight is 297 g/mol. The number of rotatable bonds is 3. The highest BCUT2D eigenvalue weighted by Gasteiger charge is 2.44. The van der Waals surface area contributed by atoms with E-state index in [1.54, 1.807) is 25.1 Å². The van der Waals surface area contributed by atoms with Crippen molar-refractivity contribution in [1.82, 2.24) is 4.31 Å². The van der Waals surface area contributed by atoms with Crippen LogP contribution in [0.1, 0.15) is 24.5 Å². The zero-order chi connectivity index (χ0) is 15.1. The van der Waals surface area contributed by atoms with Gasteiger partial charge in [-0.15, -0.1) is 0 Å². The Morgan fingerprint density at radius 1 is 1.30 bits per heavy atom. The Kier molecular flexibility index (Phi) is 3.64. The molecule has 1 N–H and O–H groups in total. The molecule has 0 aliphatic carbocycles. The van der Waals surface area contributed by atoms with Crippen LogP contribution in [-0.2, 0) is 14.8 Å². The number of carboxylic acid groups (broad SMARTS) is 1. The topological polar surface area (TPSA) is 74.7 Å². The van der Waals surface area contributed by atoms with Gasteiger partial charge in [-0.05, 0) is 50.5 Å². The number of aryl methyl sites for hydroxylation is 2. The first-order valence-electron chi connectivity index (χ1n) is 6.48. The first-order chi connectivity index (χ1) is 9.17. The van der Waals surface area contributed by atoms with Crippen LogP contribution in [0.25, 0.3) is 0 Å². The number of carbonyl (C=O) groups is 1. The molecule has 110 valence electrons. The third-order valence-corrected chi connectivity index (χ3v) is 5.91. The minimum Gasteiger partial charge on any atom is -0.481 e. The molecule has 1 aliphatic rings. The Labute approximate surface area is 119 Å². The summed E-state index contributed by atoms with van der Waals surface area (Å²) < 4.78 is 26.4. The van der Waals surface area contributed by atoms with Crippen molar-refractivity contribution in [3.8, 4) is 0 Å². The molecule has 1 heterocycles. The molecule has 1 aromatic carbocycles. The lowest BCUT2D eigenvalue weighted by atomic mass is 9.90. The van der Waals surface area contributed by atoms with Crippen LogP contribution in [0.3, 0.4) is 0 Å². The fourth-order valence-corrected chi connectivity index (χ4v) is 3.97. The summed E-state index contributed by atoms with van der Waals surface area (Å²) >= 11 is 0. The zero-order valence-corrected chi connectivity index (χ0v) is 12.7. The molecular formula is C14H19NO4S. The molecule has 2 rings (SSSR count). The van der Waals surface area contributed by atoms with Crippen molar-refractivity contribution in [1.29, 1.82) is 0 Å². The highest BCUT2D eigenvalue weighted by atomic mass is 32.2. The van der Waals surface area contributed by atoms with E-state index in [2.05, 4.69) is 0 Å². The van der Waals surface area contributed by atoms with Gasteiger partial charge in [0, 0.05) is 13.1 Å². The molecule has 1 atom stereocenters. The molecule has 0 amide bonds. The number of aliphatic carboxylic acids is 1. The van der Waals surface area contributed by atoms with E-state index in [0.29, 0.717) is 6.42 Å². The maximum atomic E-state index is 12.5. The molecule has 5 nitrogen and oxygen atoms in total. The minimum atomic E-state index is -3.61. The van der Waals surface area contributed by atoms with Gasteiger partial charge in [0.25, 0.3) is 0 Å². The summed E-state index contributed by atoms with van der Waals surface area (Å²) in [4.78, 5) is 11.4. The quantitative estimate of drug-likeness (QED) is 0.923. The van der Waals surface area contributed by atoms with Crippen LogP contribution in [0.5, 0.6) is 0 Å². The van der Waals surface area contributed by atoms with Crippen molar-refractivity contribution in [2.24, 2.45) is 5.41 Å².